The van der Waals surface area contributed by atoms with Crippen molar-refractivity contribution in [2.24, 2.45) is 0 Å². The van der Waals surface area contributed by atoms with Crippen molar-refractivity contribution < 1.29 is 4.57 Å². The zero-order valence-corrected chi connectivity index (χ0v) is 10.4. The molecule has 0 aliphatic heterocycles. The number of aryl methyl sites for hydroxylation is 2. The summed E-state index contributed by atoms with van der Waals surface area (Å²) in [5, 5.41) is 1.84. The Morgan fingerprint density at radius 1 is 0.938 bits per heavy atom. The standard InChI is InChI=1S/C14H14OP/c1-11-8-9-12(2)14(10-11)16(15)13-6-4-3-5-7-13/h3-10H,1-2H3. The van der Waals surface area contributed by atoms with Gasteiger partial charge in [0, 0.05) is 10.6 Å². The molecule has 0 fully saturated rings. The quantitative estimate of drug-likeness (QED) is 0.723. The van der Waals surface area contributed by atoms with E-state index in [2.05, 4.69) is 0 Å². The van der Waals surface area contributed by atoms with Crippen molar-refractivity contribution in [2.75, 3.05) is 0 Å². The van der Waals surface area contributed by atoms with E-state index in [0.29, 0.717) is 0 Å². The largest absolute Gasteiger partial charge is 0.277 e. The van der Waals surface area contributed by atoms with Crippen molar-refractivity contribution >= 4 is 18.4 Å². The second-order valence-corrected chi connectivity index (χ2v) is 5.51. The molecule has 0 aliphatic rings. The fraction of sp³-hybridized carbons (Fsp3) is 0.143. The van der Waals surface area contributed by atoms with Gasteiger partial charge >= 0.3 is 0 Å². The van der Waals surface area contributed by atoms with Gasteiger partial charge in [-0.05, 0) is 37.6 Å². The summed E-state index contributed by atoms with van der Waals surface area (Å²) in [4.78, 5) is 0. The van der Waals surface area contributed by atoms with Gasteiger partial charge in [0.2, 0.25) is 0 Å². The molecule has 2 heteroatoms. The predicted octanol–water partition coefficient (Wildman–Crippen LogP) is 3.08. The second kappa shape index (κ2) is 4.59. The van der Waals surface area contributed by atoms with Gasteiger partial charge in [-0.1, -0.05) is 35.9 Å². The van der Waals surface area contributed by atoms with Crippen LogP contribution in [0, 0.1) is 13.8 Å². The monoisotopic (exact) mass is 229 g/mol. The van der Waals surface area contributed by atoms with Crippen LogP contribution in [0.3, 0.4) is 0 Å². The number of benzene rings is 2. The third-order valence-corrected chi connectivity index (χ3v) is 4.26. The molecule has 0 saturated heterocycles. The Kier molecular flexibility index (Phi) is 3.17. The first-order chi connectivity index (χ1) is 7.68. The van der Waals surface area contributed by atoms with Crippen LogP contribution in [0.2, 0.25) is 0 Å². The summed E-state index contributed by atoms with van der Waals surface area (Å²) in [6.45, 7) is 4.03. The second-order valence-electron chi connectivity index (χ2n) is 3.92. The molecule has 1 nitrogen and oxygen atoms in total. The average molecular weight is 229 g/mol. The maximum Gasteiger partial charge on any atom is 0.136 e. The molecule has 0 aromatic heterocycles. The zero-order chi connectivity index (χ0) is 11.5. The molecule has 1 unspecified atom stereocenters. The summed E-state index contributed by atoms with van der Waals surface area (Å²) in [5.74, 6) is 0. The fourth-order valence-corrected chi connectivity index (χ4v) is 3.08. The Labute approximate surface area is 96.9 Å². The summed E-state index contributed by atoms with van der Waals surface area (Å²) in [5.41, 5.74) is 2.25. The maximum absolute atomic E-state index is 12.4. The Balaban J connectivity index is 2.46. The van der Waals surface area contributed by atoms with E-state index in [1.807, 2.05) is 62.4 Å². The first-order valence-electron chi connectivity index (χ1n) is 5.28. The molecule has 0 saturated carbocycles. The highest BCUT2D eigenvalue weighted by molar-refractivity contribution is 7.61. The fourth-order valence-electron chi connectivity index (χ4n) is 1.64. The van der Waals surface area contributed by atoms with Gasteiger partial charge in [0.15, 0.2) is 0 Å². The maximum atomic E-state index is 12.4. The van der Waals surface area contributed by atoms with E-state index >= 15 is 0 Å². The van der Waals surface area contributed by atoms with Crippen LogP contribution in [0.25, 0.3) is 0 Å². The van der Waals surface area contributed by atoms with Crippen molar-refractivity contribution in [1.29, 1.82) is 0 Å². The van der Waals surface area contributed by atoms with Crippen LogP contribution < -0.4 is 10.6 Å². The van der Waals surface area contributed by atoms with Gasteiger partial charge in [0.25, 0.3) is 0 Å². The van der Waals surface area contributed by atoms with Crippen LogP contribution >= 0.6 is 7.80 Å². The van der Waals surface area contributed by atoms with Crippen LogP contribution in [0.1, 0.15) is 11.1 Å². The number of rotatable bonds is 2. The number of hydrogen-bond acceptors (Lipinski definition) is 1. The molecule has 16 heavy (non-hydrogen) atoms. The van der Waals surface area contributed by atoms with E-state index in [1.54, 1.807) is 0 Å². The van der Waals surface area contributed by atoms with Gasteiger partial charge < -0.3 is 0 Å². The molecule has 0 aliphatic carbocycles. The zero-order valence-electron chi connectivity index (χ0n) is 9.47. The summed E-state index contributed by atoms with van der Waals surface area (Å²) < 4.78 is 12.4. The smallest absolute Gasteiger partial charge is 0.136 e. The Hall–Kier alpha value is -1.46. The van der Waals surface area contributed by atoms with Crippen LogP contribution in [0.4, 0.5) is 0 Å². The molecular weight excluding hydrogens is 215 g/mol. The molecule has 2 aromatic rings. The Morgan fingerprint density at radius 3 is 2.31 bits per heavy atom. The summed E-state index contributed by atoms with van der Waals surface area (Å²) in [7, 11) is -1.46. The molecule has 0 N–H and O–H groups in total. The van der Waals surface area contributed by atoms with Crippen molar-refractivity contribution in [2.45, 2.75) is 13.8 Å². The van der Waals surface area contributed by atoms with Gasteiger partial charge in [-0.15, -0.1) is 0 Å². The molecular formula is C14H14OP. The lowest BCUT2D eigenvalue weighted by atomic mass is 10.2. The third kappa shape index (κ3) is 2.20. The van der Waals surface area contributed by atoms with Crippen LogP contribution in [0.5, 0.6) is 0 Å². The van der Waals surface area contributed by atoms with Crippen LogP contribution in [-0.2, 0) is 4.57 Å². The van der Waals surface area contributed by atoms with E-state index in [-0.39, 0.29) is 0 Å². The average Bonchev–Trinajstić information content (AvgIpc) is 2.32. The molecule has 81 valence electrons. The van der Waals surface area contributed by atoms with Gasteiger partial charge in [-0.2, -0.15) is 0 Å². The van der Waals surface area contributed by atoms with Crippen molar-refractivity contribution in [1.82, 2.24) is 0 Å². The van der Waals surface area contributed by atoms with E-state index in [0.717, 1.165) is 21.7 Å². The first-order valence-corrected chi connectivity index (χ1v) is 6.54. The van der Waals surface area contributed by atoms with E-state index < -0.39 is 7.80 Å². The normalized spacial score (nSPS) is 11.2. The lowest BCUT2D eigenvalue weighted by Crippen LogP contribution is -2.09. The highest BCUT2D eigenvalue weighted by Crippen LogP contribution is 2.21. The van der Waals surface area contributed by atoms with Gasteiger partial charge in [-0.3, -0.25) is 4.57 Å². The Bertz CT molecular complexity index is 518. The van der Waals surface area contributed by atoms with E-state index in [9.17, 15) is 4.57 Å². The van der Waals surface area contributed by atoms with Crippen LogP contribution in [0.15, 0.2) is 48.5 Å². The minimum absolute atomic E-state index is 0.895. The van der Waals surface area contributed by atoms with E-state index in [1.165, 1.54) is 0 Å². The third-order valence-electron chi connectivity index (χ3n) is 2.57. The van der Waals surface area contributed by atoms with Crippen molar-refractivity contribution in [3.05, 3.63) is 59.7 Å². The highest BCUT2D eigenvalue weighted by atomic mass is 31.1. The van der Waals surface area contributed by atoms with Crippen molar-refractivity contribution in [3.8, 4) is 0 Å². The minimum Gasteiger partial charge on any atom is -0.277 e. The molecule has 2 aromatic carbocycles. The van der Waals surface area contributed by atoms with Gasteiger partial charge in [-0.25, -0.2) is 0 Å². The van der Waals surface area contributed by atoms with Crippen molar-refractivity contribution in [3.63, 3.8) is 0 Å². The highest BCUT2D eigenvalue weighted by Gasteiger charge is 2.10. The molecule has 1 radical (unpaired) electrons. The first kappa shape index (κ1) is 11.0. The summed E-state index contributed by atoms with van der Waals surface area (Å²) in [6.07, 6.45) is 0. The lowest BCUT2D eigenvalue weighted by Gasteiger charge is -2.06. The van der Waals surface area contributed by atoms with Crippen LogP contribution in [-0.4, -0.2) is 0 Å². The minimum atomic E-state index is -1.46. The van der Waals surface area contributed by atoms with E-state index in [4.69, 9.17) is 0 Å². The van der Waals surface area contributed by atoms with Gasteiger partial charge in [0.1, 0.15) is 7.80 Å². The molecule has 0 amide bonds. The summed E-state index contributed by atoms with van der Waals surface area (Å²) in [6, 6.07) is 15.7. The summed E-state index contributed by atoms with van der Waals surface area (Å²) >= 11 is 0. The number of hydrogen-bond donors (Lipinski definition) is 0. The molecule has 2 rings (SSSR count). The molecule has 0 bridgehead atoms. The molecule has 0 spiro atoms. The lowest BCUT2D eigenvalue weighted by molar-refractivity contribution is 0.598. The SMILES string of the molecule is Cc1ccc(C)c([P](=O)c2ccccc2)c1. The molecule has 0 heterocycles. The molecule has 1 atom stereocenters. The topological polar surface area (TPSA) is 17.1 Å². The predicted molar refractivity (Wildman–Crippen MR) is 69.2 cm³/mol. The van der Waals surface area contributed by atoms with Gasteiger partial charge in [0.05, 0.1) is 0 Å². The Morgan fingerprint density at radius 2 is 1.62 bits per heavy atom.